The van der Waals surface area contributed by atoms with Crippen molar-refractivity contribution in [1.82, 2.24) is 4.90 Å². The number of likely N-dealkylation sites (tertiary alicyclic amines) is 1. The molecule has 0 spiro atoms. The Bertz CT molecular complexity index is 186. The molecule has 1 rings (SSSR count). The Labute approximate surface area is 77.5 Å². The molecule has 0 aliphatic carbocycles. The van der Waals surface area contributed by atoms with Crippen molar-refractivity contribution in [3.63, 3.8) is 0 Å². The Balaban J connectivity index is 2.38. The van der Waals surface area contributed by atoms with Crippen LogP contribution in [0.3, 0.4) is 0 Å². The highest BCUT2D eigenvalue weighted by Crippen LogP contribution is 2.09. The molecule has 1 aliphatic heterocycles. The predicted octanol–water partition coefficient (Wildman–Crippen LogP) is -1.45. The predicted molar refractivity (Wildman–Crippen MR) is 47.1 cm³/mol. The second-order valence-corrected chi connectivity index (χ2v) is 3.29. The quantitative estimate of drug-likeness (QED) is 0.568. The van der Waals surface area contributed by atoms with E-state index in [2.05, 4.69) is 0 Å². The molecule has 76 valence electrons. The molecule has 1 aliphatic rings. The molecule has 0 bridgehead atoms. The second-order valence-electron chi connectivity index (χ2n) is 3.29. The number of carbonyl (C=O) groups excluding carboxylic acids is 1. The van der Waals surface area contributed by atoms with E-state index in [0.717, 1.165) is 0 Å². The van der Waals surface area contributed by atoms with Crippen LogP contribution in [0.15, 0.2) is 0 Å². The van der Waals surface area contributed by atoms with Gasteiger partial charge in [-0.25, -0.2) is 0 Å². The smallest absolute Gasteiger partial charge is 0.241 e. The van der Waals surface area contributed by atoms with Crippen molar-refractivity contribution in [2.24, 2.45) is 5.73 Å². The Morgan fingerprint density at radius 1 is 1.85 bits per heavy atom. The van der Waals surface area contributed by atoms with Crippen LogP contribution in [0.1, 0.15) is 6.42 Å². The van der Waals surface area contributed by atoms with Gasteiger partial charge in [-0.3, -0.25) is 4.79 Å². The van der Waals surface area contributed by atoms with Gasteiger partial charge in [-0.2, -0.15) is 0 Å². The number of amides is 1. The van der Waals surface area contributed by atoms with Crippen molar-refractivity contribution in [1.29, 1.82) is 0 Å². The number of nitrogens with two attached hydrogens (primary N) is 1. The van der Waals surface area contributed by atoms with E-state index in [-0.39, 0.29) is 12.5 Å². The molecule has 0 radical (unpaired) electrons. The lowest BCUT2D eigenvalue weighted by Gasteiger charge is -2.19. The SMILES string of the molecule is COCC(N)C(=O)N1CCC(O)C1. The minimum absolute atomic E-state index is 0.140. The number of rotatable bonds is 3. The Morgan fingerprint density at radius 2 is 2.54 bits per heavy atom. The van der Waals surface area contributed by atoms with Gasteiger partial charge in [0.2, 0.25) is 5.91 Å². The number of carbonyl (C=O) groups is 1. The third-order valence-corrected chi connectivity index (χ3v) is 2.14. The van der Waals surface area contributed by atoms with Crippen LogP contribution in [-0.4, -0.2) is 54.9 Å². The average molecular weight is 188 g/mol. The molecule has 1 heterocycles. The molecule has 13 heavy (non-hydrogen) atoms. The number of aliphatic hydroxyl groups excluding tert-OH is 1. The van der Waals surface area contributed by atoms with Gasteiger partial charge in [-0.05, 0) is 6.42 Å². The van der Waals surface area contributed by atoms with E-state index in [0.29, 0.717) is 19.5 Å². The molecule has 5 heteroatoms. The molecule has 5 nitrogen and oxygen atoms in total. The van der Waals surface area contributed by atoms with Gasteiger partial charge >= 0.3 is 0 Å². The summed E-state index contributed by atoms with van der Waals surface area (Å²) in [6.45, 7) is 1.22. The third-order valence-electron chi connectivity index (χ3n) is 2.14. The second kappa shape index (κ2) is 4.55. The van der Waals surface area contributed by atoms with Crippen LogP contribution in [0, 0.1) is 0 Å². The molecular formula is C8H16N2O3. The van der Waals surface area contributed by atoms with Crippen molar-refractivity contribution in [2.45, 2.75) is 18.6 Å². The lowest BCUT2D eigenvalue weighted by molar-refractivity contribution is -0.133. The van der Waals surface area contributed by atoms with Crippen molar-refractivity contribution in [3.8, 4) is 0 Å². The van der Waals surface area contributed by atoms with E-state index in [4.69, 9.17) is 10.5 Å². The van der Waals surface area contributed by atoms with Crippen LogP contribution < -0.4 is 5.73 Å². The first-order valence-electron chi connectivity index (χ1n) is 4.36. The zero-order valence-electron chi connectivity index (χ0n) is 7.77. The van der Waals surface area contributed by atoms with Crippen LogP contribution in [-0.2, 0) is 9.53 Å². The summed E-state index contributed by atoms with van der Waals surface area (Å²) in [4.78, 5) is 13.1. The van der Waals surface area contributed by atoms with E-state index in [1.165, 1.54) is 7.11 Å². The number of nitrogens with zero attached hydrogens (tertiary/aromatic N) is 1. The Hall–Kier alpha value is -0.650. The zero-order chi connectivity index (χ0) is 9.84. The van der Waals surface area contributed by atoms with Gasteiger partial charge in [0.15, 0.2) is 0 Å². The van der Waals surface area contributed by atoms with Crippen molar-refractivity contribution in [2.75, 3.05) is 26.8 Å². The fourth-order valence-corrected chi connectivity index (χ4v) is 1.43. The Morgan fingerprint density at radius 3 is 3.00 bits per heavy atom. The highest BCUT2D eigenvalue weighted by Gasteiger charge is 2.27. The van der Waals surface area contributed by atoms with Gasteiger partial charge in [0.05, 0.1) is 12.7 Å². The van der Waals surface area contributed by atoms with E-state index in [9.17, 15) is 9.90 Å². The van der Waals surface area contributed by atoms with Crippen LogP contribution >= 0.6 is 0 Å². The van der Waals surface area contributed by atoms with E-state index in [1.54, 1.807) is 4.90 Å². The third kappa shape index (κ3) is 2.65. The molecule has 0 aromatic heterocycles. The lowest BCUT2D eigenvalue weighted by atomic mass is 10.3. The molecule has 1 fully saturated rings. The standard InChI is InChI=1S/C8H16N2O3/c1-13-5-7(9)8(12)10-3-2-6(11)4-10/h6-7,11H,2-5,9H2,1H3. The van der Waals surface area contributed by atoms with Crippen LogP contribution in [0.5, 0.6) is 0 Å². The van der Waals surface area contributed by atoms with Crippen molar-refractivity contribution in [3.05, 3.63) is 0 Å². The van der Waals surface area contributed by atoms with E-state index >= 15 is 0 Å². The first-order valence-corrected chi connectivity index (χ1v) is 4.36. The van der Waals surface area contributed by atoms with Crippen LogP contribution in [0.25, 0.3) is 0 Å². The molecule has 0 aromatic rings. The van der Waals surface area contributed by atoms with Gasteiger partial charge in [0.1, 0.15) is 6.04 Å². The number of aliphatic hydroxyl groups is 1. The van der Waals surface area contributed by atoms with Gasteiger partial charge in [0, 0.05) is 20.2 Å². The molecule has 2 atom stereocenters. The summed E-state index contributed by atoms with van der Waals surface area (Å²) in [6.07, 6.45) is 0.254. The number of methoxy groups -OCH3 is 1. The van der Waals surface area contributed by atoms with Crippen LogP contribution in [0.2, 0.25) is 0 Å². The maximum atomic E-state index is 11.5. The maximum Gasteiger partial charge on any atom is 0.241 e. The van der Waals surface area contributed by atoms with Gasteiger partial charge in [-0.1, -0.05) is 0 Å². The highest BCUT2D eigenvalue weighted by atomic mass is 16.5. The van der Waals surface area contributed by atoms with Gasteiger partial charge in [0.25, 0.3) is 0 Å². The van der Waals surface area contributed by atoms with Crippen molar-refractivity contribution < 1.29 is 14.6 Å². The summed E-state index contributed by atoms with van der Waals surface area (Å²) in [7, 11) is 1.51. The zero-order valence-corrected chi connectivity index (χ0v) is 7.77. The largest absolute Gasteiger partial charge is 0.391 e. The number of hydrogen-bond acceptors (Lipinski definition) is 4. The summed E-state index contributed by atoms with van der Waals surface area (Å²) in [5.41, 5.74) is 5.56. The Kier molecular flexibility index (Phi) is 3.65. The van der Waals surface area contributed by atoms with Crippen molar-refractivity contribution >= 4 is 5.91 Å². The van der Waals surface area contributed by atoms with Gasteiger partial charge < -0.3 is 20.5 Å². The average Bonchev–Trinajstić information content (AvgIpc) is 2.51. The molecular weight excluding hydrogens is 172 g/mol. The molecule has 2 unspecified atom stereocenters. The fourth-order valence-electron chi connectivity index (χ4n) is 1.43. The molecule has 3 N–H and O–H groups in total. The summed E-state index contributed by atoms with van der Waals surface area (Å²) >= 11 is 0. The molecule has 0 saturated carbocycles. The monoisotopic (exact) mass is 188 g/mol. The summed E-state index contributed by atoms with van der Waals surface area (Å²) in [6, 6.07) is -0.602. The van der Waals surface area contributed by atoms with E-state index in [1.807, 2.05) is 0 Å². The highest BCUT2D eigenvalue weighted by molar-refractivity contribution is 5.82. The number of ether oxygens (including phenoxy) is 1. The van der Waals surface area contributed by atoms with E-state index < -0.39 is 12.1 Å². The van der Waals surface area contributed by atoms with Gasteiger partial charge in [-0.15, -0.1) is 0 Å². The molecule has 1 saturated heterocycles. The molecule has 0 aromatic carbocycles. The first kappa shape index (κ1) is 10.4. The molecule has 1 amide bonds. The minimum atomic E-state index is -0.602. The first-order chi connectivity index (χ1) is 6.15. The lowest BCUT2D eigenvalue weighted by Crippen LogP contribution is -2.45. The topological polar surface area (TPSA) is 75.8 Å². The fraction of sp³-hybridized carbons (Fsp3) is 0.875. The minimum Gasteiger partial charge on any atom is -0.391 e. The number of β-amino-alcohol motifs (C(OH)–C–C–N with tert-alkyl or cyclic N) is 1. The van der Waals surface area contributed by atoms with Crippen LogP contribution in [0.4, 0.5) is 0 Å². The summed E-state index contributed by atoms with van der Waals surface area (Å²) < 4.78 is 4.78. The normalized spacial score (nSPS) is 24.8. The summed E-state index contributed by atoms with van der Waals surface area (Å²) in [5, 5.41) is 9.19. The maximum absolute atomic E-state index is 11.5. The number of hydrogen-bond donors (Lipinski definition) is 2. The summed E-state index contributed by atoms with van der Waals surface area (Å²) in [5.74, 6) is -0.140.